The molecule has 0 unspecified atom stereocenters. The van der Waals surface area contributed by atoms with Gasteiger partial charge in [0.05, 0.1) is 5.02 Å². The first-order chi connectivity index (χ1) is 8.58. The van der Waals surface area contributed by atoms with Gasteiger partial charge in [0, 0.05) is 6.20 Å². The van der Waals surface area contributed by atoms with Crippen molar-refractivity contribution in [3.63, 3.8) is 0 Å². The minimum Gasteiger partial charge on any atom is -0.479 e. The van der Waals surface area contributed by atoms with Gasteiger partial charge in [0.15, 0.2) is 11.9 Å². The summed E-state index contributed by atoms with van der Waals surface area (Å²) in [6.45, 7) is 0. The van der Waals surface area contributed by atoms with Crippen LogP contribution in [0.5, 0.6) is 0 Å². The Morgan fingerprint density at radius 1 is 1.44 bits per heavy atom. The molecule has 0 aromatic carbocycles. The van der Waals surface area contributed by atoms with Crippen LogP contribution in [0.4, 0.5) is 5.82 Å². The Hall–Kier alpha value is -1.66. The van der Waals surface area contributed by atoms with Crippen molar-refractivity contribution in [1.29, 1.82) is 0 Å². The van der Waals surface area contributed by atoms with E-state index in [-0.39, 0.29) is 5.82 Å². The van der Waals surface area contributed by atoms with Crippen LogP contribution >= 0.6 is 11.6 Å². The highest BCUT2D eigenvalue weighted by molar-refractivity contribution is 6.33. The van der Waals surface area contributed by atoms with Crippen molar-refractivity contribution in [2.75, 3.05) is 5.32 Å². The van der Waals surface area contributed by atoms with Crippen molar-refractivity contribution in [1.82, 2.24) is 4.98 Å². The smallest absolute Gasteiger partial charge is 0.332 e. The van der Waals surface area contributed by atoms with Crippen LogP contribution < -0.4 is 5.32 Å². The predicted octanol–water partition coefficient (Wildman–Crippen LogP) is 1.31. The first-order valence-electron chi connectivity index (χ1n) is 5.37. The number of amides is 1. The summed E-state index contributed by atoms with van der Waals surface area (Å²) in [4.78, 5) is 26.4. The molecule has 1 aromatic heterocycles. The third kappa shape index (κ3) is 2.77. The van der Waals surface area contributed by atoms with Gasteiger partial charge in [-0.15, -0.1) is 0 Å². The lowest BCUT2D eigenvalue weighted by Crippen LogP contribution is -2.30. The number of hydrogen-bond donors (Lipinski definition) is 2. The van der Waals surface area contributed by atoms with Crippen molar-refractivity contribution in [3.8, 4) is 0 Å². The van der Waals surface area contributed by atoms with Crippen molar-refractivity contribution in [2.24, 2.45) is 0 Å². The molecule has 0 aliphatic carbocycles. The minimum absolute atomic E-state index is 0.242. The summed E-state index contributed by atoms with van der Waals surface area (Å²) in [6, 6.07) is 3.24. The van der Waals surface area contributed by atoms with Crippen molar-refractivity contribution < 1.29 is 19.4 Å². The Labute approximate surface area is 108 Å². The van der Waals surface area contributed by atoms with Gasteiger partial charge in [-0.05, 0) is 25.0 Å². The van der Waals surface area contributed by atoms with E-state index in [0.717, 1.165) is 0 Å². The molecule has 2 heterocycles. The number of nitrogens with one attached hydrogen (secondary N) is 1. The third-order valence-corrected chi connectivity index (χ3v) is 2.89. The molecule has 1 saturated heterocycles. The summed E-state index contributed by atoms with van der Waals surface area (Å²) in [6.07, 6.45) is 0.498. The van der Waals surface area contributed by atoms with Crippen molar-refractivity contribution in [2.45, 2.75) is 25.0 Å². The molecule has 1 aliphatic heterocycles. The fourth-order valence-electron chi connectivity index (χ4n) is 1.69. The monoisotopic (exact) mass is 270 g/mol. The maximum Gasteiger partial charge on any atom is 0.332 e. The van der Waals surface area contributed by atoms with Crippen LogP contribution in [0.2, 0.25) is 5.02 Å². The molecule has 7 heteroatoms. The number of carboxylic acid groups (broad SMARTS) is 1. The normalized spacial score (nSPS) is 22.7. The summed E-state index contributed by atoms with van der Waals surface area (Å²) >= 11 is 5.84. The van der Waals surface area contributed by atoms with E-state index in [1.807, 2.05) is 0 Å². The second-order valence-corrected chi connectivity index (χ2v) is 4.26. The van der Waals surface area contributed by atoms with Gasteiger partial charge in [0.1, 0.15) is 6.10 Å². The Morgan fingerprint density at radius 2 is 2.17 bits per heavy atom. The zero-order valence-electron chi connectivity index (χ0n) is 9.30. The number of aliphatic carboxylic acids is 1. The second kappa shape index (κ2) is 5.32. The SMILES string of the molecule is O=C(Nc1ncccc1Cl)[C@@H]1CC[C@H](C(=O)O)O1. The summed E-state index contributed by atoms with van der Waals surface area (Å²) in [5.74, 6) is -1.24. The lowest BCUT2D eigenvalue weighted by molar-refractivity contribution is -0.150. The number of carboxylic acids is 1. The van der Waals surface area contributed by atoms with Crippen LogP contribution in [0.25, 0.3) is 0 Å². The van der Waals surface area contributed by atoms with Crippen LogP contribution in [-0.2, 0) is 14.3 Å². The maximum atomic E-state index is 11.8. The summed E-state index contributed by atoms with van der Waals surface area (Å²) in [7, 11) is 0. The molecule has 2 atom stereocenters. The Balaban J connectivity index is 1.98. The first kappa shape index (κ1) is 12.8. The zero-order valence-corrected chi connectivity index (χ0v) is 10.1. The zero-order chi connectivity index (χ0) is 13.1. The number of ether oxygens (including phenoxy) is 1. The molecular weight excluding hydrogens is 260 g/mol. The van der Waals surface area contributed by atoms with E-state index < -0.39 is 24.1 Å². The number of halogens is 1. The average Bonchev–Trinajstić information content (AvgIpc) is 2.81. The number of nitrogens with zero attached hydrogens (tertiary/aromatic N) is 1. The molecule has 0 radical (unpaired) electrons. The topological polar surface area (TPSA) is 88.5 Å². The lowest BCUT2D eigenvalue weighted by atomic mass is 10.2. The molecule has 0 spiro atoms. The molecular formula is C11H11ClN2O4. The van der Waals surface area contributed by atoms with Gasteiger partial charge in [-0.2, -0.15) is 0 Å². The van der Waals surface area contributed by atoms with E-state index in [4.69, 9.17) is 21.4 Å². The fraction of sp³-hybridized carbons (Fsp3) is 0.364. The van der Waals surface area contributed by atoms with Gasteiger partial charge in [-0.3, -0.25) is 4.79 Å². The third-order valence-electron chi connectivity index (χ3n) is 2.59. The van der Waals surface area contributed by atoms with Gasteiger partial charge in [-0.25, -0.2) is 9.78 Å². The number of anilines is 1. The minimum atomic E-state index is -1.05. The maximum absolute atomic E-state index is 11.8. The Kier molecular flexibility index (Phi) is 3.78. The fourth-order valence-corrected chi connectivity index (χ4v) is 1.86. The quantitative estimate of drug-likeness (QED) is 0.864. The molecule has 18 heavy (non-hydrogen) atoms. The molecule has 2 rings (SSSR count). The van der Waals surface area contributed by atoms with Gasteiger partial charge in [0.25, 0.3) is 5.91 Å². The number of aromatic nitrogens is 1. The average molecular weight is 271 g/mol. The van der Waals surface area contributed by atoms with Gasteiger partial charge >= 0.3 is 5.97 Å². The molecule has 1 amide bonds. The summed E-state index contributed by atoms with van der Waals surface area (Å²) in [5, 5.41) is 11.6. The highest BCUT2D eigenvalue weighted by atomic mass is 35.5. The Bertz CT molecular complexity index is 480. The van der Waals surface area contributed by atoms with Crippen molar-refractivity contribution in [3.05, 3.63) is 23.4 Å². The van der Waals surface area contributed by atoms with Crippen LogP contribution in [0.1, 0.15) is 12.8 Å². The van der Waals surface area contributed by atoms with E-state index in [0.29, 0.717) is 17.9 Å². The molecule has 96 valence electrons. The number of hydrogen-bond acceptors (Lipinski definition) is 4. The summed E-state index contributed by atoms with van der Waals surface area (Å²) < 4.78 is 5.11. The van der Waals surface area contributed by atoms with E-state index in [1.165, 1.54) is 6.20 Å². The van der Waals surface area contributed by atoms with E-state index >= 15 is 0 Å². The van der Waals surface area contributed by atoms with E-state index in [9.17, 15) is 9.59 Å². The number of rotatable bonds is 3. The predicted molar refractivity (Wildman–Crippen MR) is 63.4 cm³/mol. The van der Waals surface area contributed by atoms with Crippen LogP contribution in [0.15, 0.2) is 18.3 Å². The van der Waals surface area contributed by atoms with Gasteiger partial charge < -0.3 is 15.2 Å². The summed E-state index contributed by atoms with van der Waals surface area (Å²) in [5.41, 5.74) is 0. The number of carbonyl (C=O) groups is 2. The van der Waals surface area contributed by atoms with Crippen LogP contribution in [0.3, 0.4) is 0 Å². The van der Waals surface area contributed by atoms with Crippen molar-refractivity contribution >= 4 is 29.3 Å². The molecule has 0 bridgehead atoms. The van der Waals surface area contributed by atoms with Crippen LogP contribution in [-0.4, -0.2) is 34.2 Å². The molecule has 1 aromatic rings. The second-order valence-electron chi connectivity index (χ2n) is 3.85. The standard InChI is InChI=1S/C11H11ClN2O4/c12-6-2-1-5-13-9(6)14-10(15)7-3-4-8(18-7)11(16)17/h1-2,5,7-8H,3-4H2,(H,16,17)(H,13,14,15)/t7-,8+/m0/s1. The number of carbonyl (C=O) groups excluding carboxylic acids is 1. The van der Waals surface area contributed by atoms with E-state index in [2.05, 4.69) is 10.3 Å². The first-order valence-corrected chi connectivity index (χ1v) is 5.75. The number of pyridine rings is 1. The highest BCUT2D eigenvalue weighted by Gasteiger charge is 2.34. The lowest BCUT2D eigenvalue weighted by Gasteiger charge is -2.11. The Morgan fingerprint density at radius 3 is 2.78 bits per heavy atom. The molecule has 6 nitrogen and oxygen atoms in total. The van der Waals surface area contributed by atoms with Crippen LogP contribution in [0, 0.1) is 0 Å². The largest absolute Gasteiger partial charge is 0.479 e. The van der Waals surface area contributed by atoms with E-state index in [1.54, 1.807) is 12.1 Å². The van der Waals surface area contributed by atoms with Gasteiger partial charge in [0.2, 0.25) is 0 Å². The van der Waals surface area contributed by atoms with Gasteiger partial charge in [-0.1, -0.05) is 11.6 Å². The highest BCUT2D eigenvalue weighted by Crippen LogP contribution is 2.23. The molecule has 1 aliphatic rings. The molecule has 1 fully saturated rings. The molecule has 2 N–H and O–H groups in total. The molecule has 0 saturated carbocycles.